The quantitative estimate of drug-likeness (QED) is 0.608. The predicted molar refractivity (Wildman–Crippen MR) is 80.4 cm³/mol. The standard InChI is InChI=1S/C17H21F3O2/c18-17(19,20)15-12-10-14(11-13-15)8-6-4-2-1-3-5-7-9-16(21)22/h6,8,10-13H,1-5,7,9H2,(H,21,22)/b8-6+. The Hall–Kier alpha value is -1.78. The van der Waals surface area contributed by atoms with E-state index in [0.29, 0.717) is 0 Å². The Kier molecular flexibility index (Phi) is 7.71. The van der Waals surface area contributed by atoms with E-state index in [1.165, 1.54) is 12.1 Å². The molecule has 0 fully saturated rings. The summed E-state index contributed by atoms with van der Waals surface area (Å²) in [6.45, 7) is 0. The summed E-state index contributed by atoms with van der Waals surface area (Å²) in [4.78, 5) is 10.3. The van der Waals surface area contributed by atoms with E-state index < -0.39 is 17.7 Å². The summed E-state index contributed by atoms with van der Waals surface area (Å²) in [5, 5.41) is 8.48. The van der Waals surface area contributed by atoms with Crippen molar-refractivity contribution in [3.8, 4) is 0 Å². The highest BCUT2D eigenvalue weighted by Gasteiger charge is 2.29. The van der Waals surface area contributed by atoms with Crippen LogP contribution in [0, 0.1) is 0 Å². The summed E-state index contributed by atoms with van der Waals surface area (Å²) in [5.41, 5.74) is 0.125. The number of aliphatic carboxylic acids is 1. The van der Waals surface area contributed by atoms with Crippen LogP contribution in [0.1, 0.15) is 56.1 Å². The first-order valence-electron chi connectivity index (χ1n) is 7.45. The lowest BCUT2D eigenvalue weighted by molar-refractivity contribution is -0.138. The minimum absolute atomic E-state index is 0.230. The van der Waals surface area contributed by atoms with Crippen LogP contribution in [-0.2, 0) is 11.0 Å². The van der Waals surface area contributed by atoms with Crippen LogP contribution in [0.2, 0.25) is 0 Å². The minimum Gasteiger partial charge on any atom is -0.481 e. The van der Waals surface area contributed by atoms with Crippen molar-refractivity contribution in [2.24, 2.45) is 0 Å². The SMILES string of the molecule is O=C(O)CCCCCCC/C=C/c1ccc(C(F)(F)F)cc1. The van der Waals surface area contributed by atoms with Crippen LogP contribution >= 0.6 is 0 Å². The van der Waals surface area contributed by atoms with Gasteiger partial charge in [0.15, 0.2) is 0 Å². The zero-order valence-electron chi connectivity index (χ0n) is 12.4. The molecule has 0 radical (unpaired) electrons. The van der Waals surface area contributed by atoms with Crippen LogP contribution in [-0.4, -0.2) is 11.1 Å². The number of alkyl halides is 3. The lowest BCUT2D eigenvalue weighted by Gasteiger charge is -2.05. The van der Waals surface area contributed by atoms with Gasteiger partial charge in [0, 0.05) is 6.42 Å². The van der Waals surface area contributed by atoms with E-state index in [0.717, 1.165) is 56.2 Å². The molecule has 1 rings (SSSR count). The molecule has 122 valence electrons. The Morgan fingerprint density at radius 3 is 2.18 bits per heavy atom. The van der Waals surface area contributed by atoms with Gasteiger partial charge in [-0.15, -0.1) is 0 Å². The normalized spacial score (nSPS) is 12.0. The fourth-order valence-corrected chi connectivity index (χ4v) is 2.07. The lowest BCUT2D eigenvalue weighted by atomic mass is 10.1. The monoisotopic (exact) mass is 314 g/mol. The molecule has 0 aliphatic rings. The molecule has 0 aliphatic heterocycles. The van der Waals surface area contributed by atoms with Gasteiger partial charge in [0.25, 0.3) is 0 Å². The van der Waals surface area contributed by atoms with Crippen LogP contribution < -0.4 is 0 Å². The number of carboxylic acids is 1. The first kappa shape index (κ1) is 18.3. The lowest BCUT2D eigenvalue weighted by Crippen LogP contribution is -2.03. The van der Waals surface area contributed by atoms with Gasteiger partial charge in [-0.25, -0.2) is 0 Å². The summed E-state index contributed by atoms with van der Waals surface area (Å²) >= 11 is 0. The third-order valence-corrected chi connectivity index (χ3v) is 3.31. The summed E-state index contributed by atoms with van der Waals surface area (Å²) in [6, 6.07) is 5.10. The highest BCUT2D eigenvalue weighted by Crippen LogP contribution is 2.29. The molecular formula is C17H21F3O2. The highest BCUT2D eigenvalue weighted by atomic mass is 19.4. The molecule has 0 unspecified atom stereocenters. The number of carbonyl (C=O) groups is 1. The first-order valence-corrected chi connectivity index (χ1v) is 7.45. The van der Waals surface area contributed by atoms with Gasteiger partial charge < -0.3 is 5.11 Å². The van der Waals surface area contributed by atoms with Crippen LogP contribution in [0.5, 0.6) is 0 Å². The van der Waals surface area contributed by atoms with Crippen molar-refractivity contribution in [3.63, 3.8) is 0 Å². The van der Waals surface area contributed by atoms with E-state index in [2.05, 4.69) is 0 Å². The Bertz CT molecular complexity index is 476. The molecule has 0 atom stereocenters. The van der Waals surface area contributed by atoms with Gasteiger partial charge in [-0.1, -0.05) is 43.5 Å². The summed E-state index contributed by atoms with van der Waals surface area (Å²) < 4.78 is 37.2. The molecule has 0 aromatic heterocycles. The number of rotatable bonds is 9. The Morgan fingerprint density at radius 2 is 1.59 bits per heavy atom. The Morgan fingerprint density at radius 1 is 1.00 bits per heavy atom. The molecule has 0 amide bonds. The van der Waals surface area contributed by atoms with Crippen LogP contribution in [0.4, 0.5) is 13.2 Å². The number of benzene rings is 1. The molecule has 0 spiro atoms. The number of carboxylic acid groups (broad SMARTS) is 1. The molecule has 0 heterocycles. The van der Waals surface area contributed by atoms with E-state index in [-0.39, 0.29) is 6.42 Å². The number of unbranched alkanes of at least 4 members (excludes halogenated alkanes) is 5. The molecule has 1 aromatic rings. The third kappa shape index (κ3) is 7.86. The zero-order valence-corrected chi connectivity index (χ0v) is 12.4. The van der Waals surface area contributed by atoms with Gasteiger partial charge in [-0.05, 0) is 37.0 Å². The van der Waals surface area contributed by atoms with E-state index in [1.807, 2.05) is 12.2 Å². The third-order valence-electron chi connectivity index (χ3n) is 3.31. The minimum atomic E-state index is -4.29. The van der Waals surface area contributed by atoms with Crippen molar-refractivity contribution in [3.05, 3.63) is 41.5 Å². The smallest absolute Gasteiger partial charge is 0.416 e. The predicted octanol–water partition coefficient (Wildman–Crippen LogP) is 5.53. The number of hydrogen-bond acceptors (Lipinski definition) is 1. The van der Waals surface area contributed by atoms with Crippen molar-refractivity contribution >= 4 is 12.0 Å². The van der Waals surface area contributed by atoms with Crippen LogP contribution in [0.25, 0.3) is 6.08 Å². The van der Waals surface area contributed by atoms with Crippen molar-refractivity contribution in [2.45, 2.75) is 51.1 Å². The second-order valence-corrected chi connectivity index (χ2v) is 5.22. The average molecular weight is 314 g/mol. The van der Waals surface area contributed by atoms with Gasteiger partial charge in [0.2, 0.25) is 0 Å². The average Bonchev–Trinajstić information content (AvgIpc) is 2.45. The Labute approximate surface area is 128 Å². The number of allylic oxidation sites excluding steroid dienone is 1. The summed E-state index contributed by atoms with van der Waals surface area (Å²) in [5.74, 6) is -0.750. The van der Waals surface area contributed by atoms with Crippen molar-refractivity contribution in [1.82, 2.24) is 0 Å². The molecule has 0 aliphatic carbocycles. The topological polar surface area (TPSA) is 37.3 Å². The zero-order chi connectivity index (χ0) is 16.4. The second kappa shape index (κ2) is 9.28. The van der Waals surface area contributed by atoms with Crippen molar-refractivity contribution in [2.75, 3.05) is 0 Å². The maximum Gasteiger partial charge on any atom is 0.416 e. The molecular weight excluding hydrogens is 293 g/mol. The van der Waals surface area contributed by atoms with Gasteiger partial charge in [-0.2, -0.15) is 13.2 Å². The van der Waals surface area contributed by atoms with Gasteiger partial charge in [-0.3, -0.25) is 4.79 Å². The highest BCUT2D eigenvalue weighted by molar-refractivity contribution is 5.66. The van der Waals surface area contributed by atoms with Crippen LogP contribution in [0.15, 0.2) is 30.3 Å². The molecule has 0 saturated heterocycles. The largest absolute Gasteiger partial charge is 0.481 e. The second-order valence-electron chi connectivity index (χ2n) is 5.22. The van der Waals surface area contributed by atoms with E-state index >= 15 is 0 Å². The van der Waals surface area contributed by atoms with Crippen molar-refractivity contribution in [1.29, 1.82) is 0 Å². The first-order chi connectivity index (χ1) is 10.4. The summed E-state index contributed by atoms with van der Waals surface area (Å²) in [6.07, 6.45) is 5.30. The van der Waals surface area contributed by atoms with Gasteiger partial charge >= 0.3 is 12.1 Å². The molecule has 1 N–H and O–H groups in total. The Balaban J connectivity index is 2.17. The number of halogens is 3. The fourth-order valence-electron chi connectivity index (χ4n) is 2.07. The van der Waals surface area contributed by atoms with Gasteiger partial charge in [0.1, 0.15) is 0 Å². The maximum absolute atomic E-state index is 12.4. The maximum atomic E-state index is 12.4. The molecule has 5 heteroatoms. The van der Waals surface area contributed by atoms with E-state index in [4.69, 9.17) is 5.11 Å². The summed E-state index contributed by atoms with van der Waals surface area (Å²) in [7, 11) is 0. The van der Waals surface area contributed by atoms with E-state index in [1.54, 1.807) is 0 Å². The number of hydrogen-bond donors (Lipinski definition) is 1. The van der Waals surface area contributed by atoms with Crippen molar-refractivity contribution < 1.29 is 23.1 Å². The van der Waals surface area contributed by atoms with E-state index in [9.17, 15) is 18.0 Å². The molecule has 0 saturated carbocycles. The fraction of sp³-hybridized carbons (Fsp3) is 0.471. The molecule has 0 bridgehead atoms. The molecule has 2 nitrogen and oxygen atoms in total. The molecule has 1 aromatic carbocycles. The van der Waals surface area contributed by atoms with Gasteiger partial charge in [0.05, 0.1) is 5.56 Å². The molecule has 22 heavy (non-hydrogen) atoms. The van der Waals surface area contributed by atoms with Crippen LogP contribution in [0.3, 0.4) is 0 Å².